The molecule has 1 aromatic heterocycles. The number of anilines is 1. The molecule has 1 aromatic carbocycles. The van der Waals surface area contributed by atoms with E-state index in [1.807, 2.05) is 11.0 Å². The number of β-amino-alcohol motifs (C(OH)–C–C–N with tert-alkyl or cyclic N) is 1. The predicted octanol–water partition coefficient (Wildman–Crippen LogP) is 1.83. The van der Waals surface area contributed by atoms with Gasteiger partial charge in [-0.25, -0.2) is 9.97 Å². The van der Waals surface area contributed by atoms with Crippen LogP contribution in [0.2, 0.25) is 0 Å². The number of aliphatic hydroxyl groups excluding tert-OH is 1. The Morgan fingerprint density at radius 2 is 1.83 bits per heavy atom. The summed E-state index contributed by atoms with van der Waals surface area (Å²) < 4.78 is 0. The number of nitrogens with one attached hydrogen (secondary N) is 2. The van der Waals surface area contributed by atoms with E-state index in [0.29, 0.717) is 12.4 Å². The summed E-state index contributed by atoms with van der Waals surface area (Å²) in [5, 5.41) is 16.6. The van der Waals surface area contributed by atoms with Gasteiger partial charge in [0.1, 0.15) is 17.8 Å². The van der Waals surface area contributed by atoms with Crippen molar-refractivity contribution in [1.82, 2.24) is 25.1 Å². The van der Waals surface area contributed by atoms with Crippen molar-refractivity contribution >= 4 is 17.6 Å². The van der Waals surface area contributed by atoms with Gasteiger partial charge in [-0.05, 0) is 49.7 Å². The van der Waals surface area contributed by atoms with E-state index in [-0.39, 0.29) is 36.0 Å². The fourth-order valence-electron chi connectivity index (χ4n) is 5.45. The van der Waals surface area contributed by atoms with Gasteiger partial charge in [0.15, 0.2) is 0 Å². The third-order valence-corrected chi connectivity index (χ3v) is 7.58. The van der Waals surface area contributed by atoms with E-state index < -0.39 is 6.10 Å². The number of benzene rings is 1. The highest BCUT2D eigenvalue weighted by Gasteiger charge is 2.37. The van der Waals surface area contributed by atoms with Crippen LogP contribution in [0.3, 0.4) is 0 Å². The first kappa shape index (κ1) is 24.6. The molecule has 5 rings (SSSR count). The van der Waals surface area contributed by atoms with Crippen molar-refractivity contribution in [2.75, 3.05) is 38.0 Å². The highest BCUT2D eigenvalue weighted by atomic mass is 16.3. The average Bonchev–Trinajstić information content (AvgIpc) is 2.89. The van der Waals surface area contributed by atoms with Crippen LogP contribution in [0.4, 0.5) is 5.82 Å². The molecular formula is C27H36N6O3. The van der Waals surface area contributed by atoms with E-state index >= 15 is 0 Å². The van der Waals surface area contributed by atoms with E-state index in [4.69, 9.17) is 0 Å². The van der Waals surface area contributed by atoms with E-state index in [2.05, 4.69) is 43.7 Å². The number of piperidine rings is 1. The molecule has 1 saturated carbocycles. The molecule has 2 aromatic rings. The number of rotatable bonds is 8. The Balaban J connectivity index is 1.05. The van der Waals surface area contributed by atoms with Crippen molar-refractivity contribution in [3.63, 3.8) is 0 Å². The van der Waals surface area contributed by atoms with Crippen LogP contribution in [0, 0.1) is 5.92 Å². The van der Waals surface area contributed by atoms with Gasteiger partial charge >= 0.3 is 0 Å². The summed E-state index contributed by atoms with van der Waals surface area (Å²) in [7, 11) is 0. The molecule has 1 saturated heterocycles. The van der Waals surface area contributed by atoms with E-state index in [0.717, 1.165) is 58.3 Å². The normalized spacial score (nSPS) is 22.8. The van der Waals surface area contributed by atoms with Gasteiger partial charge < -0.3 is 20.6 Å². The number of nitrogens with zero attached hydrogens (tertiary/aromatic N) is 4. The molecule has 1 atom stereocenters. The van der Waals surface area contributed by atoms with Gasteiger partial charge in [-0.15, -0.1) is 0 Å². The second-order valence-corrected chi connectivity index (χ2v) is 10.3. The summed E-state index contributed by atoms with van der Waals surface area (Å²) in [6.45, 7) is 4.15. The highest BCUT2D eigenvalue weighted by molar-refractivity contribution is 5.92. The molecule has 2 fully saturated rings. The number of aliphatic hydroxyl groups is 1. The summed E-state index contributed by atoms with van der Waals surface area (Å²) >= 11 is 0. The molecule has 3 heterocycles. The molecule has 3 N–H and O–H groups in total. The molecule has 2 amide bonds. The zero-order valence-corrected chi connectivity index (χ0v) is 20.7. The standard InChI is InChI=1S/C27H36N6O3/c34-23(17-32-11-8-19-6-2-3-7-20(19)16-32)15-28-26(35)24-14-25(30-18-29-24)31-22-12-21(13-22)27(36)33-9-4-1-5-10-33/h2-3,6-7,14,18,21-23,34H,1,4-5,8-13,15-17H2,(H,28,35)(H,29,30,31)/t21?,22?,23-/m0/s1. The number of fused-ring (bicyclic) bond motifs is 1. The molecule has 36 heavy (non-hydrogen) atoms. The molecular weight excluding hydrogens is 456 g/mol. The largest absolute Gasteiger partial charge is 0.390 e. The lowest BCUT2D eigenvalue weighted by Gasteiger charge is -2.39. The number of amides is 2. The number of hydrogen-bond donors (Lipinski definition) is 3. The van der Waals surface area contributed by atoms with Crippen LogP contribution in [0.5, 0.6) is 0 Å². The van der Waals surface area contributed by atoms with Crippen molar-refractivity contribution in [1.29, 1.82) is 0 Å². The highest BCUT2D eigenvalue weighted by Crippen LogP contribution is 2.32. The van der Waals surface area contributed by atoms with Gasteiger partial charge in [0, 0.05) is 57.3 Å². The Hall–Kier alpha value is -3.04. The molecule has 3 aliphatic rings. The third-order valence-electron chi connectivity index (χ3n) is 7.58. The quantitative estimate of drug-likeness (QED) is 0.516. The second-order valence-electron chi connectivity index (χ2n) is 10.3. The van der Waals surface area contributed by atoms with Crippen molar-refractivity contribution in [2.24, 2.45) is 5.92 Å². The first-order valence-corrected chi connectivity index (χ1v) is 13.2. The zero-order valence-electron chi connectivity index (χ0n) is 20.7. The minimum Gasteiger partial charge on any atom is -0.390 e. The molecule has 0 bridgehead atoms. The maximum atomic E-state index is 12.6. The van der Waals surface area contributed by atoms with Crippen molar-refractivity contribution < 1.29 is 14.7 Å². The summed E-state index contributed by atoms with van der Waals surface area (Å²) in [4.78, 5) is 37.8. The second kappa shape index (κ2) is 11.3. The van der Waals surface area contributed by atoms with Gasteiger partial charge in [0.25, 0.3) is 5.91 Å². The topological polar surface area (TPSA) is 111 Å². The molecule has 1 aliphatic carbocycles. The predicted molar refractivity (Wildman–Crippen MR) is 136 cm³/mol. The smallest absolute Gasteiger partial charge is 0.270 e. The molecule has 0 unspecified atom stereocenters. The Morgan fingerprint density at radius 1 is 1.06 bits per heavy atom. The summed E-state index contributed by atoms with van der Waals surface area (Å²) in [5.41, 5.74) is 2.93. The van der Waals surface area contributed by atoms with Crippen LogP contribution >= 0.6 is 0 Å². The average molecular weight is 493 g/mol. The zero-order chi connectivity index (χ0) is 24.9. The molecule has 9 heteroatoms. The van der Waals surface area contributed by atoms with Crippen LogP contribution < -0.4 is 10.6 Å². The number of likely N-dealkylation sites (tertiary alicyclic amines) is 1. The minimum absolute atomic E-state index is 0.0834. The minimum atomic E-state index is -0.664. The van der Waals surface area contributed by atoms with Gasteiger partial charge in [-0.1, -0.05) is 24.3 Å². The van der Waals surface area contributed by atoms with Crippen molar-refractivity contribution in [3.05, 3.63) is 53.5 Å². The number of carbonyl (C=O) groups excluding carboxylic acids is 2. The van der Waals surface area contributed by atoms with E-state index in [1.165, 1.54) is 23.9 Å². The first-order valence-electron chi connectivity index (χ1n) is 13.2. The number of hydrogen-bond acceptors (Lipinski definition) is 7. The van der Waals surface area contributed by atoms with E-state index in [1.54, 1.807) is 6.07 Å². The van der Waals surface area contributed by atoms with Gasteiger partial charge in [0.2, 0.25) is 5.91 Å². The Bertz CT molecular complexity index is 1070. The summed E-state index contributed by atoms with van der Waals surface area (Å²) in [6, 6.07) is 10.2. The Morgan fingerprint density at radius 3 is 2.64 bits per heavy atom. The lowest BCUT2D eigenvalue weighted by Crippen LogP contribution is -2.47. The lowest BCUT2D eigenvalue weighted by molar-refractivity contribution is -0.139. The first-order chi connectivity index (χ1) is 17.5. The summed E-state index contributed by atoms with van der Waals surface area (Å²) in [5.74, 6) is 0.606. The Kier molecular flexibility index (Phi) is 7.77. The summed E-state index contributed by atoms with van der Waals surface area (Å²) in [6.07, 6.45) is 6.68. The molecule has 0 radical (unpaired) electrons. The van der Waals surface area contributed by atoms with Crippen molar-refractivity contribution in [3.8, 4) is 0 Å². The maximum absolute atomic E-state index is 12.6. The molecule has 9 nitrogen and oxygen atoms in total. The fourth-order valence-corrected chi connectivity index (χ4v) is 5.45. The van der Waals surface area contributed by atoms with Crippen LogP contribution in [0.1, 0.15) is 53.7 Å². The third kappa shape index (κ3) is 6.02. The van der Waals surface area contributed by atoms with Crippen LogP contribution in [0.15, 0.2) is 36.7 Å². The maximum Gasteiger partial charge on any atom is 0.270 e. The SMILES string of the molecule is O=C(NC[C@H](O)CN1CCc2ccccc2C1)c1cc(NC2CC(C(=O)N3CCCCC3)C2)ncn1. The molecule has 2 aliphatic heterocycles. The molecule has 192 valence electrons. The lowest BCUT2D eigenvalue weighted by atomic mass is 9.79. The number of carbonyl (C=O) groups is 2. The molecule has 0 spiro atoms. The van der Waals surface area contributed by atoms with E-state index in [9.17, 15) is 14.7 Å². The Labute approximate surface area is 212 Å². The fraction of sp³-hybridized carbons (Fsp3) is 0.556. The monoisotopic (exact) mass is 492 g/mol. The van der Waals surface area contributed by atoms with Crippen LogP contribution in [-0.4, -0.2) is 81.6 Å². The van der Waals surface area contributed by atoms with Gasteiger partial charge in [0.05, 0.1) is 6.10 Å². The van der Waals surface area contributed by atoms with Gasteiger partial charge in [-0.3, -0.25) is 14.5 Å². The number of aromatic nitrogens is 2. The van der Waals surface area contributed by atoms with Gasteiger partial charge in [-0.2, -0.15) is 0 Å². The van der Waals surface area contributed by atoms with Crippen LogP contribution in [0.25, 0.3) is 0 Å². The van der Waals surface area contributed by atoms with Crippen molar-refractivity contribution in [2.45, 2.75) is 57.2 Å². The van der Waals surface area contributed by atoms with Crippen LogP contribution in [-0.2, 0) is 17.8 Å².